The molecular formula is C18H23Cl2N3O2. The van der Waals surface area contributed by atoms with Gasteiger partial charge < -0.3 is 15.3 Å². The van der Waals surface area contributed by atoms with Crippen LogP contribution in [-0.2, 0) is 4.79 Å². The van der Waals surface area contributed by atoms with E-state index in [-0.39, 0.29) is 23.6 Å². The van der Waals surface area contributed by atoms with Crippen molar-refractivity contribution < 1.29 is 9.90 Å². The number of fused-ring (bicyclic) bond motifs is 1. The number of benzene rings is 1. The van der Waals surface area contributed by atoms with Crippen molar-refractivity contribution in [3.05, 3.63) is 27.7 Å². The Labute approximate surface area is 157 Å². The summed E-state index contributed by atoms with van der Waals surface area (Å²) in [4.78, 5) is 17.0. The van der Waals surface area contributed by atoms with E-state index in [1.165, 1.54) is 0 Å². The smallest absolute Gasteiger partial charge is 0.237 e. The second-order valence-electron chi connectivity index (χ2n) is 7.52. The summed E-state index contributed by atoms with van der Waals surface area (Å²) in [5, 5.41) is 14.4. The van der Waals surface area contributed by atoms with Gasteiger partial charge in [0, 0.05) is 49.7 Å². The number of hydrogen-bond acceptors (Lipinski definition) is 4. The van der Waals surface area contributed by atoms with Crippen molar-refractivity contribution >= 4 is 29.1 Å². The molecule has 25 heavy (non-hydrogen) atoms. The minimum Gasteiger partial charge on any atom is -0.508 e. The number of halogens is 2. The maximum Gasteiger partial charge on any atom is 0.237 e. The number of nitrogens with one attached hydrogen (secondary N) is 1. The molecule has 3 aliphatic heterocycles. The van der Waals surface area contributed by atoms with Gasteiger partial charge in [-0.2, -0.15) is 0 Å². The number of piperazine rings is 1. The third-order valence-electron chi connectivity index (χ3n) is 6.11. The zero-order valence-corrected chi connectivity index (χ0v) is 15.7. The highest BCUT2D eigenvalue weighted by Gasteiger charge is 2.44. The second kappa shape index (κ2) is 6.62. The highest BCUT2D eigenvalue weighted by atomic mass is 35.5. The zero-order chi connectivity index (χ0) is 17.7. The lowest BCUT2D eigenvalue weighted by molar-refractivity contribution is -0.139. The van der Waals surface area contributed by atoms with E-state index in [4.69, 9.17) is 23.2 Å². The highest BCUT2D eigenvalue weighted by Crippen LogP contribution is 2.43. The number of rotatable bonds is 3. The van der Waals surface area contributed by atoms with Crippen LogP contribution in [-0.4, -0.2) is 65.6 Å². The molecule has 0 aliphatic carbocycles. The number of carbonyl (C=O) groups is 1. The topological polar surface area (TPSA) is 55.8 Å². The number of hydrogen-bond donors (Lipinski definition) is 2. The van der Waals surface area contributed by atoms with Crippen LogP contribution in [0.4, 0.5) is 0 Å². The molecular weight excluding hydrogens is 361 g/mol. The van der Waals surface area contributed by atoms with Crippen molar-refractivity contribution in [2.24, 2.45) is 5.92 Å². The van der Waals surface area contributed by atoms with Crippen molar-refractivity contribution in [3.63, 3.8) is 0 Å². The normalized spacial score (nSPS) is 28.8. The first-order valence-corrected chi connectivity index (χ1v) is 9.62. The van der Waals surface area contributed by atoms with Gasteiger partial charge in [0.25, 0.3) is 0 Å². The molecule has 5 nitrogen and oxygen atoms in total. The minimum atomic E-state index is 0.0285. The van der Waals surface area contributed by atoms with Crippen molar-refractivity contribution in [2.75, 3.05) is 32.7 Å². The molecule has 0 bridgehead atoms. The van der Waals surface area contributed by atoms with Gasteiger partial charge in [0.1, 0.15) is 5.75 Å². The van der Waals surface area contributed by atoms with Crippen LogP contribution < -0.4 is 5.32 Å². The lowest BCUT2D eigenvalue weighted by Crippen LogP contribution is -2.61. The summed E-state index contributed by atoms with van der Waals surface area (Å²) in [7, 11) is 0. The molecule has 0 saturated carbocycles. The quantitative estimate of drug-likeness (QED) is 0.840. The average Bonchev–Trinajstić information content (AvgIpc) is 2.94. The van der Waals surface area contributed by atoms with Gasteiger partial charge in [-0.15, -0.1) is 0 Å². The number of phenolic OH excluding ortho intramolecular Hbond substituents is 1. The first-order chi connectivity index (χ1) is 12.0. The fraction of sp³-hybridized carbons (Fsp3) is 0.611. The molecule has 3 saturated heterocycles. The van der Waals surface area contributed by atoms with Crippen molar-refractivity contribution in [1.82, 2.24) is 15.1 Å². The first kappa shape index (κ1) is 17.4. The molecule has 1 aromatic rings. The van der Waals surface area contributed by atoms with E-state index in [0.717, 1.165) is 26.1 Å². The fourth-order valence-corrected chi connectivity index (χ4v) is 4.89. The lowest BCUT2D eigenvalue weighted by atomic mass is 9.92. The monoisotopic (exact) mass is 383 g/mol. The van der Waals surface area contributed by atoms with Crippen LogP contribution in [0.2, 0.25) is 10.0 Å². The Morgan fingerprint density at radius 1 is 1.28 bits per heavy atom. The van der Waals surface area contributed by atoms with Gasteiger partial charge in [-0.3, -0.25) is 9.69 Å². The van der Waals surface area contributed by atoms with E-state index in [9.17, 15) is 9.90 Å². The van der Waals surface area contributed by atoms with E-state index in [0.29, 0.717) is 40.7 Å². The highest BCUT2D eigenvalue weighted by molar-refractivity contribution is 6.42. The summed E-state index contributed by atoms with van der Waals surface area (Å²) in [5.74, 6) is 0.997. The summed E-state index contributed by atoms with van der Waals surface area (Å²) >= 11 is 12.5. The number of aromatic hydroxyl groups is 1. The summed E-state index contributed by atoms with van der Waals surface area (Å²) in [5.41, 5.74) is 0.680. The Hall–Kier alpha value is -1.01. The molecule has 0 spiro atoms. The molecule has 2 N–H and O–H groups in total. The number of nitrogens with zero attached hydrogens (tertiary/aromatic N) is 2. The molecule has 7 heteroatoms. The molecule has 3 atom stereocenters. The van der Waals surface area contributed by atoms with Crippen LogP contribution in [0.15, 0.2) is 12.1 Å². The first-order valence-electron chi connectivity index (χ1n) is 8.86. The molecule has 0 radical (unpaired) electrons. The van der Waals surface area contributed by atoms with Gasteiger partial charge in [-0.05, 0) is 31.4 Å². The largest absolute Gasteiger partial charge is 0.508 e. The minimum absolute atomic E-state index is 0.0285. The second-order valence-corrected chi connectivity index (χ2v) is 8.30. The number of carbonyl (C=O) groups excluding carboxylic acids is 1. The summed E-state index contributed by atoms with van der Waals surface area (Å²) in [6, 6.07) is 3.78. The molecule has 136 valence electrons. The third-order valence-corrected chi connectivity index (χ3v) is 6.93. The van der Waals surface area contributed by atoms with Crippen LogP contribution in [0.3, 0.4) is 0 Å². The fourth-order valence-electron chi connectivity index (χ4n) is 4.41. The van der Waals surface area contributed by atoms with Gasteiger partial charge in [-0.1, -0.05) is 23.2 Å². The Bertz CT molecular complexity index is 695. The van der Waals surface area contributed by atoms with E-state index in [1.54, 1.807) is 12.1 Å². The summed E-state index contributed by atoms with van der Waals surface area (Å²) in [6.07, 6.45) is 0.811. The predicted octanol–water partition coefficient (Wildman–Crippen LogP) is 2.31. The van der Waals surface area contributed by atoms with Crippen molar-refractivity contribution in [3.8, 4) is 5.75 Å². The lowest BCUT2D eigenvalue weighted by Gasteiger charge is -2.44. The van der Waals surface area contributed by atoms with Crippen molar-refractivity contribution in [1.29, 1.82) is 0 Å². The summed E-state index contributed by atoms with van der Waals surface area (Å²) in [6.45, 7) is 6.27. The summed E-state index contributed by atoms with van der Waals surface area (Å²) < 4.78 is 0. The van der Waals surface area contributed by atoms with E-state index in [1.807, 2.05) is 4.90 Å². The van der Waals surface area contributed by atoms with Crippen LogP contribution in [0.25, 0.3) is 0 Å². The van der Waals surface area contributed by atoms with E-state index in [2.05, 4.69) is 17.1 Å². The van der Waals surface area contributed by atoms with Gasteiger partial charge in [0.2, 0.25) is 5.91 Å². The van der Waals surface area contributed by atoms with E-state index >= 15 is 0 Å². The molecule has 1 amide bonds. The molecule has 3 heterocycles. The van der Waals surface area contributed by atoms with Crippen LogP contribution >= 0.6 is 23.2 Å². The Kier molecular flexibility index (Phi) is 4.61. The molecule has 4 rings (SSSR count). The predicted molar refractivity (Wildman–Crippen MR) is 98.4 cm³/mol. The Balaban J connectivity index is 1.53. The Morgan fingerprint density at radius 3 is 2.72 bits per heavy atom. The van der Waals surface area contributed by atoms with Gasteiger partial charge >= 0.3 is 0 Å². The van der Waals surface area contributed by atoms with Gasteiger partial charge in [-0.25, -0.2) is 0 Å². The third kappa shape index (κ3) is 3.01. The molecule has 3 fully saturated rings. The molecule has 1 aromatic carbocycles. The van der Waals surface area contributed by atoms with Gasteiger partial charge in [0.15, 0.2) is 0 Å². The van der Waals surface area contributed by atoms with Crippen molar-refractivity contribution in [2.45, 2.75) is 31.3 Å². The SMILES string of the molecule is C[C@H](C1CNC1)N1CC(=O)N2C[C@@H](c3c(O)ccc(Cl)c3Cl)C[C@H]2C1. The molecule has 3 aliphatic rings. The molecule has 0 aromatic heterocycles. The average molecular weight is 384 g/mol. The zero-order valence-electron chi connectivity index (χ0n) is 14.2. The van der Waals surface area contributed by atoms with E-state index < -0.39 is 0 Å². The van der Waals surface area contributed by atoms with Crippen LogP contribution in [0, 0.1) is 5.92 Å². The van der Waals surface area contributed by atoms with Crippen LogP contribution in [0.5, 0.6) is 5.75 Å². The maximum atomic E-state index is 12.7. The van der Waals surface area contributed by atoms with Crippen LogP contribution in [0.1, 0.15) is 24.8 Å². The maximum absolute atomic E-state index is 12.7. The Morgan fingerprint density at radius 2 is 2.04 bits per heavy atom. The van der Waals surface area contributed by atoms with Gasteiger partial charge in [0.05, 0.1) is 16.6 Å². The molecule has 0 unspecified atom stereocenters. The number of amides is 1. The number of phenols is 1. The standard InChI is InChI=1S/C18H23Cl2N3O2/c1-10(12-5-21-6-12)22-8-13-4-11(7-23(13)16(25)9-22)17-15(24)3-2-14(19)18(17)20/h2-3,10-13,21,24H,4-9H2,1H3/t10-,11+,13+/m1/s1.